The summed E-state index contributed by atoms with van der Waals surface area (Å²) in [6.45, 7) is 2.90. The van der Waals surface area contributed by atoms with Gasteiger partial charge in [0.05, 0.1) is 32.4 Å². The first-order valence-corrected chi connectivity index (χ1v) is 10.6. The van der Waals surface area contributed by atoms with Crippen molar-refractivity contribution in [1.82, 2.24) is 10.6 Å². The molecule has 0 aromatic heterocycles. The second-order valence-corrected chi connectivity index (χ2v) is 7.98. The quantitative estimate of drug-likeness (QED) is 0.651. The molecule has 0 radical (unpaired) electrons. The summed E-state index contributed by atoms with van der Waals surface area (Å²) in [7, 11) is 3.22. The van der Waals surface area contributed by atoms with Crippen LogP contribution in [0.5, 0.6) is 11.5 Å². The number of anilines is 1. The van der Waals surface area contributed by atoms with E-state index in [1.165, 1.54) is 6.92 Å². The van der Waals surface area contributed by atoms with Crippen LogP contribution in [0.3, 0.4) is 0 Å². The highest BCUT2D eigenvalue weighted by Crippen LogP contribution is 2.33. The third-order valence-corrected chi connectivity index (χ3v) is 5.56. The Morgan fingerprint density at radius 1 is 1.16 bits per heavy atom. The van der Waals surface area contributed by atoms with Crippen LogP contribution < -0.4 is 25.0 Å². The van der Waals surface area contributed by atoms with Crippen LogP contribution >= 0.6 is 11.6 Å². The first kappa shape index (κ1) is 22.7. The minimum absolute atomic E-state index is 0.00466. The van der Waals surface area contributed by atoms with Crippen molar-refractivity contribution in [3.05, 3.63) is 53.1 Å². The van der Waals surface area contributed by atoms with E-state index in [2.05, 4.69) is 15.5 Å². The summed E-state index contributed by atoms with van der Waals surface area (Å²) in [6, 6.07) is 12.5. The highest BCUT2D eigenvalue weighted by molar-refractivity contribution is 6.30. The molecule has 0 bridgehead atoms. The Morgan fingerprint density at radius 3 is 2.55 bits per heavy atom. The van der Waals surface area contributed by atoms with Crippen molar-refractivity contribution in [1.29, 1.82) is 0 Å². The Labute approximate surface area is 187 Å². The van der Waals surface area contributed by atoms with Gasteiger partial charge in [-0.05, 0) is 42.3 Å². The molecule has 2 aromatic rings. The molecule has 1 aliphatic heterocycles. The molecular formula is C23H28ClN3O4. The number of ether oxygens (including phenoxy) is 2. The molecule has 31 heavy (non-hydrogen) atoms. The van der Waals surface area contributed by atoms with Gasteiger partial charge >= 0.3 is 0 Å². The molecule has 8 heteroatoms. The number of rotatable bonds is 8. The number of hydrogen-bond donors (Lipinski definition) is 2. The molecule has 7 nitrogen and oxygen atoms in total. The fourth-order valence-corrected chi connectivity index (χ4v) is 3.98. The zero-order chi connectivity index (χ0) is 22.4. The first-order valence-electron chi connectivity index (χ1n) is 10.2. The zero-order valence-corrected chi connectivity index (χ0v) is 18.7. The number of amides is 2. The lowest BCUT2D eigenvalue weighted by Crippen LogP contribution is -2.39. The first-order chi connectivity index (χ1) is 14.9. The van der Waals surface area contributed by atoms with E-state index in [1.54, 1.807) is 20.3 Å². The van der Waals surface area contributed by atoms with Crippen molar-refractivity contribution in [3.8, 4) is 11.5 Å². The fourth-order valence-electron chi connectivity index (χ4n) is 3.81. The number of benzene rings is 2. The maximum Gasteiger partial charge on any atom is 0.222 e. The standard InChI is InChI=1S/C23H28ClN3O4/c1-15(28)25-20(16-4-7-19(30-2)8-5-16)13-23(29)26-18-10-11-27(14-18)21-12-17(24)6-9-22(21)31-3/h4-9,12,18,20H,10-11,13-14H2,1-3H3,(H,25,28)(H,26,29). The van der Waals surface area contributed by atoms with Crippen molar-refractivity contribution < 1.29 is 19.1 Å². The van der Waals surface area contributed by atoms with Crippen LogP contribution in [0.2, 0.25) is 5.02 Å². The van der Waals surface area contributed by atoms with Crippen molar-refractivity contribution in [2.24, 2.45) is 0 Å². The number of carbonyl (C=O) groups excluding carboxylic acids is 2. The van der Waals surface area contributed by atoms with Crippen molar-refractivity contribution >= 4 is 29.1 Å². The van der Waals surface area contributed by atoms with E-state index in [9.17, 15) is 9.59 Å². The van der Waals surface area contributed by atoms with Gasteiger partial charge in [0.1, 0.15) is 11.5 Å². The summed E-state index contributed by atoms with van der Waals surface area (Å²) in [6.07, 6.45) is 0.970. The van der Waals surface area contributed by atoms with Crippen LogP contribution in [0.1, 0.15) is 31.4 Å². The van der Waals surface area contributed by atoms with E-state index < -0.39 is 6.04 Å². The Bertz CT molecular complexity index is 920. The number of methoxy groups -OCH3 is 2. The van der Waals surface area contributed by atoms with E-state index >= 15 is 0 Å². The van der Waals surface area contributed by atoms with Gasteiger partial charge in [-0.15, -0.1) is 0 Å². The van der Waals surface area contributed by atoms with E-state index in [0.717, 1.165) is 35.7 Å². The minimum Gasteiger partial charge on any atom is -0.497 e. The summed E-state index contributed by atoms with van der Waals surface area (Å²) >= 11 is 6.15. The third-order valence-electron chi connectivity index (χ3n) is 5.32. The van der Waals surface area contributed by atoms with Gasteiger partial charge in [0.25, 0.3) is 0 Å². The highest BCUT2D eigenvalue weighted by atomic mass is 35.5. The topological polar surface area (TPSA) is 79.9 Å². The summed E-state index contributed by atoms with van der Waals surface area (Å²) < 4.78 is 10.6. The van der Waals surface area contributed by atoms with E-state index in [1.807, 2.05) is 36.4 Å². The van der Waals surface area contributed by atoms with Gasteiger partial charge in [-0.25, -0.2) is 0 Å². The van der Waals surface area contributed by atoms with Gasteiger partial charge in [0.2, 0.25) is 11.8 Å². The minimum atomic E-state index is -0.408. The van der Waals surface area contributed by atoms with Crippen LogP contribution in [0.25, 0.3) is 0 Å². The van der Waals surface area contributed by atoms with Gasteiger partial charge in [-0.1, -0.05) is 23.7 Å². The molecule has 0 saturated carbocycles. The highest BCUT2D eigenvalue weighted by Gasteiger charge is 2.27. The average molecular weight is 446 g/mol. The number of nitrogens with one attached hydrogen (secondary N) is 2. The van der Waals surface area contributed by atoms with Gasteiger partial charge in [0, 0.05) is 31.1 Å². The number of halogens is 1. The SMILES string of the molecule is COc1ccc(C(CC(=O)NC2CCN(c3cc(Cl)ccc3OC)C2)NC(C)=O)cc1. The van der Waals surface area contributed by atoms with E-state index in [4.69, 9.17) is 21.1 Å². The Balaban J connectivity index is 1.62. The van der Waals surface area contributed by atoms with Gasteiger partial charge in [0.15, 0.2) is 0 Å². The molecule has 2 aromatic carbocycles. The molecule has 1 aliphatic rings. The van der Waals surface area contributed by atoms with E-state index in [-0.39, 0.29) is 24.3 Å². The van der Waals surface area contributed by atoms with Crippen LogP contribution in [-0.2, 0) is 9.59 Å². The van der Waals surface area contributed by atoms with Crippen molar-refractivity contribution in [2.75, 3.05) is 32.2 Å². The zero-order valence-electron chi connectivity index (χ0n) is 18.0. The smallest absolute Gasteiger partial charge is 0.222 e. The average Bonchev–Trinajstić information content (AvgIpc) is 3.21. The van der Waals surface area contributed by atoms with Crippen molar-refractivity contribution in [2.45, 2.75) is 31.8 Å². The molecule has 3 rings (SSSR count). The molecule has 2 unspecified atom stereocenters. The summed E-state index contributed by atoms with van der Waals surface area (Å²) in [5.41, 5.74) is 1.77. The molecule has 2 atom stereocenters. The summed E-state index contributed by atoms with van der Waals surface area (Å²) in [4.78, 5) is 26.6. The Hall–Kier alpha value is -2.93. The van der Waals surface area contributed by atoms with E-state index in [0.29, 0.717) is 11.6 Å². The maximum atomic E-state index is 12.8. The van der Waals surface area contributed by atoms with Gasteiger partial charge in [-0.2, -0.15) is 0 Å². The summed E-state index contributed by atoms with van der Waals surface area (Å²) in [5.74, 6) is 1.17. The van der Waals surface area contributed by atoms with Crippen LogP contribution in [0.15, 0.2) is 42.5 Å². The predicted molar refractivity (Wildman–Crippen MR) is 121 cm³/mol. The number of hydrogen-bond acceptors (Lipinski definition) is 5. The van der Waals surface area contributed by atoms with Gasteiger partial charge in [-0.3, -0.25) is 9.59 Å². The number of carbonyl (C=O) groups is 2. The molecule has 1 fully saturated rings. The molecule has 166 valence electrons. The molecule has 0 spiro atoms. The lowest BCUT2D eigenvalue weighted by atomic mass is 10.0. The molecule has 0 aliphatic carbocycles. The fraction of sp³-hybridized carbons (Fsp3) is 0.391. The maximum absolute atomic E-state index is 12.8. The number of nitrogens with zero attached hydrogens (tertiary/aromatic N) is 1. The van der Waals surface area contributed by atoms with Gasteiger partial charge < -0.3 is 25.0 Å². The lowest BCUT2D eigenvalue weighted by Gasteiger charge is -2.22. The van der Waals surface area contributed by atoms with Crippen LogP contribution in [0, 0.1) is 0 Å². The largest absolute Gasteiger partial charge is 0.497 e. The predicted octanol–water partition coefficient (Wildman–Crippen LogP) is 3.32. The molecule has 1 heterocycles. The van der Waals surface area contributed by atoms with Crippen LogP contribution in [-0.4, -0.2) is 45.2 Å². The second-order valence-electron chi connectivity index (χ2n) is 7.55. The second kappa shape index (κ2) is 10.4. The van der Waals surface area contributed by atoms with Crippen LogP contribution in [0.4, 0.5) is 5.69 Å². The third kappa shape index (κ3) is 6.04. The molecule has 1 saturated heterocycles. The summed E-state index contributed by atoms with van der Waals surface area (Å²) in [5, 5.41) is 6.60. The Kier molecular flexibility index (Phi) is 7.63. The lowest BCUT2D eigenvalue weighted by molar-refractivity contribution is -0.123. The Morgan fingerprint density at radius 2 is 1.90 bits per heavy atom. The molecule has 2 N–H and O–H groups in total. The van der Waals surface area contributed by atoms with Crippen molar-refractivity contribution in [3.63, 3.8) is 0 Å². The monoisotopic (exact) mass is 445 g/mol. The molecule has 2 amide bonds. The normalized spacial score (nSPS) is 16.5. The molecular weight excluding hydrogens is 418 g/mol.